The minimum absolute atomic E-state index is 0.114. The van der Waals surface area contributed by atoms with Crippen LogP contribution >= 0.6 is 0 Å². The fourth-order valence-electron chi connectivity index (χ4n) is 1.99. The third kappa shape index (κ3) is 3.76. The maximum atomic E-state index is 13.3. The van der Waals surface area contributed by atoms with Gasteiger partial charge in [-0.15, -0.1) is 0 Å². The SMILES string of the molecule is N[C@H](c1ccc(OCc2ccccc2)cc1O)C(F)(F)C(F)(F)F. The smallest absolute Gasteiger partial charge is 0.455 e. The number of nitrogens with two attached hydrogens (primary N) is 1. The first kappa shape index (κ1) is 18.0. The molecule has 0 saturated carbocycles. The molecule has 0 aliphatic rings. The van der Waals surface area contributed by atoms with E-state index >= 15 is 0 Å². The van der Waals surface area contributed by atoms with Gasteiger partial charge in [0.15, 0.2) is 0 Å². The number of phenols is 1. The van der Waals surface area contributed by atoms with Crippen molar-refractivity contribution in [2.45, 2.75) is 24.7 Å². The zero-order valence-corrected chi connectivity index (χ0v) is 12.2. The predicted molar refractivity (Wildman–Crippen MR) is 76.8 cm³/mol. The standard InChI is InChI=1S/C16H14F5NO2/c17-15(18,16(19,20)21)14(22)12-7-6-11(8-13(12)23)24-9-10-4-2-1-3-5-10/h1-8,14,23H,9,22H2/t14-/m1/s1. The number of aromatic hydroxyl groups is 1. The van der Waals surface area contributed by atoms with E-state index in [-0.39, 0.29) is 12.4 Å². The van der Waals surface area contributed by atoms with Gasteiger partial charge in [-0.05, 0) is 17.7 Å². The number of rotatable bonds is 5. The molecule has 0 aliphatic carbocycles. The zero-order chi connectivity index (χ0) is 18.0. The summed E-state index contributed by atoms with van der Waals surface area (Å²) >= 11 is 0. The van der Waals surface area contributed by atoms with Gasteiger partial charge in [0.05, 0.1) is 0 Å². The molecule has 0 fully saturated rings. The molecule has 0 unspecified atom stereocenters. The van der Waals surface area contributed by atoms with E-state index in [0.717, 1.165) is 17.7 Å². The van der Waals surface area contributed by atoms with Gasteiger partial charge in [0.25, 0.3) is 0 Å². The summed E-state index contributed by atoms with van der Waals surface area (Å²) in [6, 6.07) is 9.25. The van der Waals surface area contributed by atoms with Gasteiger partial charge >= 0.3 is 12.1 Å². The summed E-state index contributed by atoms with van der Waals surface area (Å²) < 4.78 is 68.9. The highest BCUT2D eigenvalue weighted by Crippen LogP contribution is 2.45. The Kier molecular flexibility index (Phi) is 4.98. The van der Waals surface area contributed by atoms with E-state index in [9.17, 15) is 27.1 Å². The Balaban J connectivity index is 2.15. The number of ether oxygens (including phenoxy) is 1. The van der Waals surface area contributed by atoms with Crippen LogP contribution in [-0.2, 0) is 6.61 Å². The van der Waals surface area contributed by atoms with Crippen LogP contribution in [0.4, 0.5) is 22.0 Å². The molecule has 0 heterocycles. The normalized spacial score (nSPS) is 13.6. The third-order valence-electron chi connectivity index (χ3n) is 3.35. The second-order valence-corrected chi connectivity index (χ2v) is 5.09. The summed E-state index contributed by atoms with van der Waals surface area (Å²) in [5.74, 6) is -5.85. The molecular weight excluding hydrogens is 333 g/mol. The molecule has 3 nitrogen and oxygen atoms in total. The topological polar surface area (TPSA) is 55.5 Å². The number of alkyl halides is 5. The van der Waals surface area contributed by atoms with Gasteiger partial charge in [-0.25, -0.2) is 0 Å². The lowest BCUT2D eigenvalue weighted by atomic mass is 10.00. The molecule has 2 aromatic rings. The minimum Gasteiger partial charge on any atom is -0.507 e. The summed E-state index contributed by atoms with van der Waals surface area (Å²) in [6.07, 6.45) is -5.82. The maximum absolute atomic E-state index is 13.3. The highest BCUT2D eigenvalue weighted by atomic mass is 19.4. The van der Waals surface area contributed by atoms with Gasteiger partial charge in [0.2, 0.25) is 0 Å². The van der Waals surface area contributed by atoms with Crippen LogP contribution in [0.25, 0.3) is 0 Å². The van der Waals surface area contributed by atoms with Crippen molar-refractivity contribution in [2.75, 3.05) is 0 Å². The molecule has 0 amide bonds. The number of halogens is 5. The van der Waals surface area contributed by atoms with E-state index in [1.165, 1.54) is 6.07 Å². The van der Waals surface area contributed by atoms with Gasteiger partial charge in [-0.1, -0.05) is 30.3 Å². The fraction of sp³-hybridized carbons (Fsp3) is 0.250. The average molecular weight is 347 g/mol. The number of hydrogen-bond donors (Lipinski definition) is 2. The molecule has 0 aromatic heterocycles. The Bertz CT molecular complexity index is 689. The lowest BCUT2D eigenvalue weighted by Crippen LogP contribution is -2.45. The van der Waals surface area contributed by atoms with Crippen molar-refractivity contribution in [3.63, 3.8) is 0 Å². The molecule has 0 saturated heterocycles. The second-order valence-electron chi connectivity index (χ2n) is 5.09. The van der Waals surface area contributed by atoms with Crippen LogP contribution in [0.5, 0.6) is 11.5 Å². The van der Waals surface area contributed by atoms with E-state index < -0.39 is 29.5 Å². The van der Waals surface area contributed by atoms with Crippen molar-refractivity contribution in [3.8, 4) is 11.5 Å². The van der Waals surface area contributed by atoms with Gasteiger partial charge in [0.1, 0.15) is 24.1 Å². The monoisotopic (exact) mass is 347 g/mol. The summed E-state index contributed by atoms with van der Waals surface area (Å²) in [5.41, 5.74) is 5.11. The van der Waals surface area contributed by atoms with Crippen molar-refractivity contribution in [1.82, 2.24) is 0 Å². The molecule has 2 rings (SSSR count). The molecule has 24 heavy (non-hydrogen) atoms. The highest BCUT2D eigenvalue weighted by Gasteiger charge is 2.62. The van der Waals surface area contributed by atoms with Gasteiger partial charge < -0.3 is 15.6 Å². The van der Waals surface area contributed by atoms with Crippen molar-refractivity contribution >= 4 is 0 Å². The van der Waals surface area contributed by atoms with Crippen LogP contribution in [-0.4, -0.2) is 17.2 Å². The molecule has 0 bridgehead atoms. The van der Waals surface area contributed by atoms with Crippen molar-refractivity contribution in [1.29, 1.82) is 0 Å². The first-order valence-electron chi connectivity index (χ1n) is 6.82. The molecular formula is C16H14F5NO2. The quantitative estimate of drug-likeness (QED) is 0.798. The van der Waals surface area contributed by atoms with Crippen LogP contribution < -0.4 is 10.5 Å². The summed E-state index contributed by atoms with van der Waals surface area (Å²) in [7, 11) is 0. The van der Waals surface area contributed by atoms with Gasteiger partial charge in [-0.3, -0.25) is 0 Å². The van der Waals surface area contributed by atoms with Gasteiger partial charge in [0, 0.05) is 11.6 Å². The summed E-state index contributed by atoms with van der Waals surface area (Å²) in [4.78, 5) is 0. The second kappa shape index (κ2) is 6.64. The van der Waals surface area contributed by atoms with Crippen molar-refractivity contribution < 1.29 is 31.8 Å². The van der Waals surface area contributed by atoms with Crippen LogP contribution in [0.15, 0.2) is 48.5 Å². The molecule has 0 radical (unpaired) electrons. The van der Waals surface area contributed by atoms with Crippen molar-refractivity contribution in [2.24, 2.45) is 5.73 Å². The molecule has 3 N–H and O–H groups in total. The lowest BCUT2D eigenvalue weighted by Gasteiger charge is -2.26. The van der Waals surface area contributed by atoms with E-state index in [4.69, 9.17) is 10.5 Å². The Morgan fingerprint density at radius 1 is 1.00 bits per heavy atom. The lowest BCUT2D eigenvalue weighted by molar-refractivity contribution is -0.291. The summed E-state index contributed by atoms with van der Waals surface area (Å²) in [6.45, 7) is 0.143. The number of hydrogen-bond acceptors (Lipinski definition) is 3. The van der Waals surface area contributed by atoms with Crippen LogP contribution in [0.2, 0.25) is 0 Å². The molecule has 0 aliphatic heterocycles. The Morgan fingerprint density at radius 3 is 2.17 bits per heavy atom. The van der Waals surface area contributed by atoms with Crippen LogP contribution in [0.1, 0.15) is 17.2 Å². The highest BCUT2D eigenvalue weighted by molar-refractivity contribution is 5.42. The Labute approximate surface area is 134 Å². The first-order chi connectivity index (χ1) is 11.1. The van der Waals surface area contributed by atoms with Gasteiger partial charge in [-0.2, -0.15) is 22.0 Å². The zero-order valence-electron chi connectivity index (χ0n) is 12.2. The fourth-order valence-corrected chi connectivity index (χ4v) is 1.99. The minimum atomic E-state index is -5.82. The molecule has 0 spiro atoms. The molecule has 2 aromatic carbocycles. The van der Waals surface area contributed by atoms with E-state index in [0.29, 0.717) is 0 Å². The predicted octanol–water partition coefficient (Wildman–Crippen LogP) is 4.17. The van der Waals surface area contributed by atoms with Crippen LogP contribution in [0.3, 0.4) is 0 Å². The summed E-state index contributed by atoms with van der Waals surface area (Å²) in [5, 5.41) is 9.73. The number of phenolic OH excluding ortho intramolecular Hbond substituents is 1. The van der Waals surface area contributed by atoms with E-state index in [1.54, 1.807) is 24.3 Å². The Hall–Kier alpha value is -2.35. The maximum Gasteiger partial charge on any atom is 0.455 e. The Morgan fingerprint density at radius 2 is 1.62 bits per heavy atom. The largest absolute Gasteiger partial charge is 0.507 e. The number of benzene rings is 2. The first-order valence-corrected chi connectivity index (χ1v) is 6.82. The van der Waals surface area contributed by atoms with Crippen LogP contribution in [0, 0.1) is 0 Å². The molecule has 8 heteroatoms. The third-order valence-corrected chi connectivity index (χ3v) is 3.35. The molecule has 1 atom stereocenters. The van der Waals surface area contributed by atoms with E-state index in [1.807, 2.05) is 6.07 Å². The molecule has 130 valence electrons. The average Bonchev–Trinajstić information content (AvgIpc) is 2.52. The van der Waals surface area contributed by atoms with Crippen molar-refractivity contribution in [3.05, 3.63) is 59.7 Å². The van der Waals surface area contributed by atoms with E-state index in [2.05, 4.69) is 0 Å².